The molecule has 7 unspecified atom stereocenters. The highest BCUT2D eigenvalue weighted by Gasteiger charge is 2.77. The van der Waals surface area contributed by atoms with E-state index in [9.17, 15) is 0 Å². The van der Waals surface area contributed by atoms with Crippen molar-refractivity contribution in [1.82, 2.24) is 39.8 Å². The number of likely N-dealkylation sites (tertiary alicyclic amines) is 2. The van der Waals surface area contributed by atoms with E-state index in [0.29, 0.717) is 29.7 Å². The first-order chi connectivity index (χ1) is 35.0. The normalized spacial score (nSPS) is 33.0. The summed E-state index contributed by atoms with van der Waals surface area (Å²) in [7, 11) is 10.6. The lowest BCUT2D eigenvalue weighted by Crippen LogP contribution is -2.74. The summed E-state index contributed by atoms with van der Waals surface area (Å²) in [4.78, 5) is 32.5. The maximum atomic E-state index is 17.6. The molecule has 1 aromatic heterocycles. The summed E-state index contributed by atoms with van der Waals surface area (Å²) in [6.45, 7) is 14.8. The number of nitrogens with zero attached hydrogens (tertiary/aromatic N) is 6. The van der Waals surface area contributed by atoms with Crippen molar-refractivity contribution in [2.45, 2.75) is 147 Å². The molecular formula is C60H78Cl2N8O3. The van der Waals surface area contributed by atoms with E-state index >= 15 is 4.79 Å². The van der Waals surface area contributed by atoms with Crippen LogP contribution in [0.15, 0.2) is 103 Å². The van der Waals surface area contributed by atoms with E-state index in [1.54, 1.807) is 7.11 Å². The number of imidazole rings is 1. The second-order valence-electron chi connectivity index (χ2n) is 22.7. The Labute approximate surface area is 444 Å². The monoisotopic (exact) mass is 1030 g/mol. The van der Waals surface area contributed by atoms with Crippen molar-refractivity contribution in [2.24, 2.45) is 16.7 Å². The van der Waals surface area contributed by atoms with Gasteiger partial charge in [0.15, 0.2) is 5.78 Å². The lowest BCUT2D eigenvalue weighted by Gasteiger charge is -2.57. The Kier molecular flexibility index (Phi) is 14.9. The molecule has 4 aliphatic heterocycles. The highest BCUT2D eigenvalue weighted by atomic mass is 35.5. The number of ether oxygens (including phenoxy) is 2. The number of likely N-dealkylation sites (N-methyl/N-ethyl adjacent to an activating group) is 2. The van der Waals surface area contributed by atoms with Crippen LogP contribution < -0.4 is 15.4 Å². The van der Waals surface area contributed by atoms with Crippen molar-refractivity contribution in [1.29, 1.82) is 0 Å². The van der Waals surface area contributed by atoms with E-state index in [1.165, 1.54) is 11.1 Å². The van der Waals surface area contributed by atoms with Crippen LogP contribution in [0.1, 0.15) is 88.0 Å². The maximum absolute atomic E-state index is 17.6. The maximum Gasteiger partial charge on any atom is 0.153 e. The number of aromatic nitrogens is 2. The second kappa shape index (κ2) is 20.8. The van der Waals surface area contributed by atoms with Crippen LogP contribution in [-0.2, 0) is 28.9 Å². The number of halogens is 2. The van der Waals surface area contributed by atoms with Crippen LogP contribution in [0.4, 0.5) is 0 Å². The second-order valence-corrected chi connectivity index (χ2v) is 23.6. The zero-order chi connectivity index (χ0) is 51.7. The molecular weight excluding hydrogens is 952 g/mol. The van der Waals surface area contributed by atoms with Crippen LogP contribution in [-0.4, -0.2) is 137 Å². The molecule has 0 radical (unpaired) electrons. The van der Waals surface area contributed by atoms with E-state index in [2.05, 4.69) is 165 Å². The molecule has 11 nitrogen and oxygen atoms in total. The highest BCUT2D eigenvalue weighted by Crippen LogP contribution is 2.63. The molecule has 14 atom stereocenters. The number of nitrogens with one attached hydrogen (secondary N) is 2. The molecule has 2 N–H and O–H groups in total. The lowest BCUT2D eigenvalue weighted by molar-refractivity contribution is -0.154. The van der Waals surface area contributed by atoms with Crippen LogP contribution in [0.5, 0.6) is 11.5 Å². The Morgan fingerprint density at radius 2 is 1.55 bits per heavy atom. The minimum atomic E-state index is -0.796. The molecule has 13 heteroatoms. The first-order valence-electron chi connectivity index (χ1n) is 26.8. The third-order valence-electron chi connectivity index (χ3n) is 19.1. The minimum Gasteiger partial charge on any atom is -0.457 e. The topological polar surface area (TPSA) is 90.4 Å². The quantitative estimate of drug-likeness (QED) is 0.112. The van der Waals surface area contributed by atoms with E-state index in [4.69, 9.17) is 37.7 Å². The third kappa shape index (κ3) is 8.90. The smallest absolute Gasteiger partial charge is 0.153 e. The Morgan fingerprint density at radius 3 is 2.23 bits per heavy atom. The number of Topliss-reactive ketones (excluding diaryl/α,β-unsaturated/α-hetero) is 1. The number of rotatable bonds is 14. The number of methoxy groups -OCH3 is 1. The van der Waals surface area contributed by atoms with Crippen molar-refractivity contribution >= 4 is 29.0 Å². The van der Waals surface area contributed by atoms with Crippen LogP contribution in [0, 0.1) is 23.7 Å². The molecule has 4 saturated heterocycles. The van der Waals surface area contributed by atoms with Crippen molar-refractivity contribution < 1.29 is 14.3 Å². The zero-order valence-corrected chi connectivity index (χ0v) is 46.4. The molecule has 1 spiro atoms. The van der Waals surface area contributed by atoms with Gasteiger partial charge < -0.3 is 29.6 Å². The molecule has 5 fully saturated rings. The standard InChI is InChI=1S/C60H78Cl2N8O3/c1-12-59-53-30-44(28-41-16-14-13-15-17-41)56(59)67(9)37(3)36(2)64-52-32-48(29-42-18-21-45(61)22-19-42)68(10)57-50(34-72-11)65-55(60(52,57)58(59)71)40(6)69(53)33-43-20-23-46(62)31-51(43)73-49-26-24-47(25-27-49)70-35-63-54(39(70)5)38(4)66(7)8/h13-27,31,35-38,40,44,48,50,52-53,55-57,64-65H,12,28-30,32-34H2,1-11H3/t36-,37-,38+,40-,44+,48-,50+,52?,53?,55?,56?,57?,59?,60?/m0/s1. The fourth-order valence-electron chi connectivity index (χ4n) is 15.2. The van der Waals surface area contributed by atoms with Crippen molar-refractivity contribution in [3.63, 3.8) is 0 Å². The molecule has 5 aliphatic rings. The molecule has 1 aliphatic carbocycles. The molecule has 5 aromatic rings. The minimum absolute atomic E-state index is 0.0176. The van der Waals surface area contributed by atoms with Gasteiger partial charge in [-0.2, -0.15) is 0 Å². The van der Waals surface area contributed by atoms with Crippen molar-refractivity contribution in [2.75, 3.05) is 41.9 Å². The van der Waals surface area contributed by atoms with Gasteiger partial charge in [0.25, 0.3) is 0 Å². The summed E-state index contributed by atoms with van der Waals surface area (Å²) in [6.07, 6.45) is 6.11. The number of piperidine rings is 1. The highest BCUT2D eigenvalue weighted by molar-refractivity contribution is 6.31. The van der Waals surface area contributed by atoms with Gasteiger partial charge in [0.1, 0.15) is 11.5 Å². The van der Waals surface area contributed by atoms with Gasteiger partial charge in [-0.25, -0.2) is 4.98 Å². The average Bonchev–Trinajstić information content (AvgIpc) is 4.04. The van der Waals surface area contributed by atoms with Gasteiger partial charge in [-0.05, 0) is 160 Å². The molecule has 73 heavy (non-hydrogen) atoms. The number of hydrogen-bond acceptors (Lipinski definition) is 10. The lowest BCUT2D eigenvalue weighted by atomic mass is 9.54. The third-order valence-corrected chi connectivity index (χ3v) is 19.5. The summed E-state index contributed by atoms with van der Waals surface area (Å²) >= 11 is 13.3. The first kappa shape index (κ1) is 52.3. The number of hydrogen-bond donors (Lipinski definition) is 2. The van der Waals surface area contributed by atoms with Crippen LogP contribution in [0.25, 0.3) is 5.69 Å². The largest absolute Gasteiger partial charge is 0.457 e. The molecule has 1 saturated carbocycles. The first-order valence-corrected chi connectivity index (χ1v) is 27.6. The molecule has 4 aromatic carbocycles. The van der Waals surface area contributed by atoms with E-state index in [1.807, 2.05) is 42.7 Å². The Morgan fingerprint density at radius 1 is 0.849 bits per heavy atom. The zero-order valence-electron chi connectivity index (χ0n) is 44.9. The van der Waals surface area contributed by atoms with Gasteiger partial charge in [-0.3, -0.25) is 19.5 Å². The van der Waals surface area contributed by atoms with Crippen molar-refractivity contribution in [3.05, 3.63) is 142 Å². The van der Waals surface area contributed by atoms with E-state index in [-0.39, 0.29) is 72.4 Å². The summed E-state index contributed by atoms with van der Waals surface area (Å²) < 4.78 is 15.2. The van der Waals surface area contributed by atoms with E-state index < -0.39 is 10.8 Å². The predicted molar refractivity (Wildman–Crippen MR) is 294 cm³/mol. The van der Waals surface area contributed by atoms with Crippen molar-refractivity contribution in [3.8, 4) is 17.2 Å². The molecule has 0 amide bonds. The Bertz CT molecular complexity index is 2740. The summed E-state index contributed by atoms with van der Waals surface area (Å²) in [5.74, 6) is 2.08. The molecule has 5 heterocycles. The summed E-state index contributed by atoms with van der Waals surface area (Å²) in [5, 5.41) is 9.94. The van der Waals surface area contributed by atoms with Gasteiger partial charge in [0.2, 0.25) is 0 Å². The summed E-state index contributed by atoms with van der Waals surface area (Å²) in [6, 6.07) is 33.6. The predicted octanol–water partition coefficient (Wildman–Crippen LogP) is 10.0. The van der Waals surface area contributed by atoms with Gasteiger partial charge >= 0.3 is 0 Å². The van der Waals surface area contributed by atoms with Crippen LogP contribution in [0.2, 0.25) is 10.0 Å². The molecule has 10 rings (SSSR count). The number of ketones is 1. The van der Waals surface area contributed by atoms with Gasteiger partial charge in [0, 0.05) is 101 Å². The van der Waals surface area contributed by atoms with Gasteiger partial charge in [0.05, 0.1) is 35.5 Å². The Hall–Kier alpha value is -4.14. The molecule has 390 valence electrons. The van der Waals surface area contributed by atoms with Gasteiger partial charge in [-0.1, -0.05) is 78.7 Å². The fraction of sp³-hybridized carbons (Fsp3) is 0.533. The van der Waals surface area contributed by atoms with Crippen LogP contribution >= 0.6 is 23.2 Å². The SMILES string of the molecule is CCC12C(=O)C34C5C[C@H](Cc6ccc(Cl)cc6)N(C)C3[C@@H](COC)NC4[C@H](C)N(Cc3ccc(Cl)cc3Oc3ccc(-n4cnc([C@@H](C)N(C)C)c4C)cc3)C1C[C@@H](Cc1ccccc1)C2N(C)[C@@H](C)[C@H](C)N5. The number of benzene rings is 4. The van der Waals surface area contributed by atoms with Crippen LogP contribution in [0.3, 0.4) is 0 Å². The average molecular weight is 1030 g/mol. The van der Waals surface area contributed by atoms with Gasteiger partial charge in [-0.15, -0.1) is 0 Å². The number of carbonyl (C=O) groups excluding carboxylic acids is 1. The fourth-order valence-corrected chi connectivity index (χ4v) is 15.4. The molecule has 2 bridgehead atoms. The Balaban J connectivity index is 1.10. The summed E-state index contributed by atoms with van der Waals surface area (Å²) in [5.41, 5.74) is 5.27. The van der Waals surface area contributed by atoms with E-state index in [0.717, 1.165) is 65.5 Å². The number of carbonyl (C=O) groups is 1.